The Morgan fingerprint density at radius 1 is 1.47 bits per heavy atom. The molecule has 7 heteroatoms. The molecular formula is C12H14ClN5O. The number of hydrogen-bond donors (Lipinski definition) is 1. The number of carbonyl (C=O) groups is 1. The summed E-state index contributed by atoms with van der Waals surface area (Å²) in [6, 6.07) is -0.394. The van der Waals surface area contributed by atoms with Gasteiger partial charge in [0, 0.05) is 37.8 Å². The average molecular weight is 280 g/mol. The third-order valence-corrected chi connectivity index (χ3v) is 2.84. The Bertz CT molecular complexity index is 542. The van der Waals surface area contributed by atoms with Crippen LogP contribution in [0.25, 0.3) is 0 Å². The molecule has 0 bridgehead atoms. The van der Waals surface area contributed by atoms with E-state index in [4.69, 9.17) is 11.6 Å². The summed E-state index contributed by atoms with van der Waals surface area (Å²) in [5.41, 5.74) is 0.845. The Morgan fingerprint density at radius 3 is 2.95 bits per heavy atom. The van der Waals surface area contributed by atoms with Crippen molar-refractivity contribution in [1.82, 2.24) is 25.1 Å². The molecule has 1 N–H and O–H groups in total. The highest BCUT2D eigenvalue weighted by molar-refractivity contribution is 6.30. The second-order valence-corrected chi connectivity index (χ2v) is 4.49. The molecule has 2 rings (SSSR count). The summed E-state index contributed by atoms with van der Waals surface area (Å²) in [5, 5.41) is 7.35. The third kappa shape index (κ3) is 3.75. The van der Waals surface area contributed by atoms with Crippen LogP contribution in [-0.4, -0.2) is 32.2 Å². The molecule has 2 aromatic heterocycles. The van der Waals surface area contributed by atoms with Crippen molar-refractivity contribution in [3.8, 4) is 0 Å². The summed E-state index contributed by atoms with van der Waals surface area (Å²) in [6.45, 7) is 2.28. The largest absolute Gasteiger partial charge is 0.354 e. The van der Waals surface area contributed by atoms with E-state index in [1.807, 2.05) is 0 Å². The van der Waals surface area contributed by atoms with E-state index in [-0.39, 0.29) is 5.91 Å². The molecule has 0 saturated heterocycles. The van der Waals surface area contributed by atoms with Crippen molar-refractivity contribution in [2.45, 2.75) is 19.4 Å². The third-order valence-electron chi connectivity index (χ3n) is 2.64. The summed E-state index contributed by atoms with van der Waals surface area (Å²) in [5.74, 6) is -0.108. The zero-order chi connectivity index (χ0) is 13.7. The zero-order valence-corrected chi connectivity index (χ0v) is 11.2. The van der Waals surface area contributed by atoms with Gasteiger partial charge >= 0.3 is 0 Å². The maximum absolute atomic E-state index is 11.9. The van der Waals surface area contributed by atoms with Crippen LogP contribution in [0.4, 0.5) is 0 Å². The number of rotatable bonds is 5. The van der Waals surface area contributed by atoms with E-state index in [0.717, 1.165) is 5.69 Å². The van der Waals surface area contributed by atoms with Crippen LogP contribution in [0.1, 0.15) is 18.7 Å². The zero-order valence-electron chi connectivity index (χ0n) is 10.5. The number of nitrogens with zero attached hydrogens (tertiary/aromatic N) is 4. The second kappa shape index (κ2) is 6.29. The van der Waals surface area contributed by atoms with Gasteiger partial charge in [0.2, 0.25) is 5.91 Å². The predicted octanol–water partition coefficient (Wildman–Crippen LogP) is 1.25. The van der Waals surface area contributed by atoms with Gasteiger partial charge in [-0.15, -0.1) is 0 Å². The first-order valence-electron chi connectivity index (χ1n) is 5.89. The number of amides is 1. The average Bonchev–Trinajstić information content (AvgIpc) is 2.85. The van der Waals surface area contributed by atoms with Crippen molar-refractivity contribution in [1.29, 1.82) is 0 Å². The molecule has 0 spiro atoms. The molecule has 2 aromatic rings. The van der Waals surface area contributed by atoms with E-state index in [1.165, 1.54) is 10.9 Å². The second-order valence-electron chi connectivity index (χ2n) is 4.05. The van der Waals surface area contributed by atoms with Gasteiger partial charge in [-0.2, -0.15) is 5.10 Å². The Morgan fingerprint density at radius 2 is 2.32 bits per heavy atom. The lowest BCUT2D eigenvalue weighted by Gasteiger charge is -2.12. The standard InChI is InChI=1S/C12H14ClN5O/c1-9(18-8-10(13)6-17-18)12(19)16-3-2-11-7-14-4-5-15-11/h4-9H,2-3H2,1H3,(H,16,19)/t9-/m1/s1. The van der Waals surface area contributed by atoms with Crippen molar-refractivity contribution >= 4 is 17.5 Å². The topological polar surface area (TPSA) is 72.7 Å². The molecule has 0 aliphatic carbocycles. The molecule has 2 heterocycles. The molecule has 19 heavy (non-hydrogen) atoms. The molecule has 6 nitrogen and oxygen atoms in total. The van der Waals surface area contributed by atoms with E-state index in [0.29, 0.717) is 18.0 Å². The van der Waals surface area contributed by atoms with E-state index in [2.05, 4.69) is 20.4 Å². The number of carbonyl (C=O) groups excluding carboxylic acids is 1. The van der Waals surface area contributed by atoms with Gasteiger partial charge in [0.05, 0.1) is 16.9 Å². The van der Waals surface area contributed by atoms with Gasteiger partial charge in [0.15, 0.2) is 0 Å². The Hall–Kier alpha value is -1.95. The molecule has 0 aromatic carbocycles. The van der Waals surface area contributed by atoms with Gasteiger partial charge in [0.1, 0.15) is 6.04 Å². The van der Waals surface area contributed by atoms with Gasteiger partial charge in [-0.05, 0) is 6.92 Å². The normalized spacial score (nSPS) is 12.1. The molecule has 0 aliphatic rings. The molecule has 0 aliphatic heterocycles. The Balaban J connectivity index is 1.81. The van der Waals surface area contributed by atoms with Gasteiger partial charge < -0.3 is 5.32 Å². The smallest absolute Gasteiger partial charge is 0.244 e. The monoisotopic (exact) mass is 279 g/mol. The fraction of sp³-hybridized carbons (Fsp3) is 0.333. The minimum absolute atomic E-state index is 0.108. The van der Waals surface area contributed by atoms with E-state index in [1.54, 1.807) is 31.7 Å². The lowest BCUT2D eigenvalue weighted by atomic mass is 10.3. The van der Waals surface area contributed by atoms with Crippen molar-refractivity contribution in [3.05, 3.63) is 41.7 Å². The van der Waals surface area contributed by atoms with Crippen LogP contribution in [0.15, 0.2) is 31.0 Å². The van der Waals surface area contributed by atoms with E-state index in [9.17, 15) is 4.79 Å². The highest BCUT2D eigenvalue weighted by Gasteiger charge is 2.15. The maximum Gasteiger partial charge on any atom is 0.244 e. The fourth-order valence-electron chi connectivity index (χ4n) is 1.57. The summed E-state index contributed by atoms with van der Waals surface area (Å²) in [6.07, 6.45) is 8.70. The molecular weight excluding hydrogens is 266 g/mol. The first kappa shape index (κ1) is 13.5. The van der Waals surface area contributed by atoms with Gasteiger partial charge in [-0.1, -0.05) is 11.6 Å². The summed E-state index contributed by atoms with van der Waals surface area (Å²) < 4.78 is 1.53. The van der Waals surface area contributed by atoms with Gasteiger partial charge in [0.25, 0.3) is 0 Å². The van der Waals surface area contributed by atoms with Gasteiger partial charge in [-0.3, -0.25) is 19.4 Å². The molecule has 0 radical (unpaired) electrons. The van der Waals surface area contributed by atoms with Crippen LogP contribution in [0.3, 0.4) is 0 Å². The van der Waals surface area contributed by atoms with Crippen molar-refractivity contribution in [3.63, 3.8) is 0 Å². The van der Waals surface area contributed by atoms with Crippen LogP contribution in [0.5, 0.6) is 0 Å². The Labute approximate surface area is 115 Å². The molecule has 0 unspecified atom stereocenters. The van der Waals surface area contributed by atoms with Crippen LogP contribution in [-0.2, 0) is 11.2 Å². The van der Waals surface area contributed by atoms with Crippen LogP contribution in [0.2, 0.25) is 5.02 Å². The molecule has 100 valence electrons. The molecule has 0 saturated carbocycles. The summed E-state index contributed by atoms with van der Waals surface area (Å²) in [7, 11) is 0. The predicted molar refractivity (Wildman–Crippen MR) is 70.7 cm³/mol. The maximum atomic E-state index is 11.9. The van der Waals surface area contributed by atoms with Gasteiger partial charge in [-0.25, -0.2) is 0 Å². The van der Waals surface area contributed by atoms with Crippen molar-refractivity contribution < 1.29 is 4.79 Å². The van der Waals surface area contributed by atoms with E-state index >= 15 is 0 Å². The lowest BCUT2D eigenvalue weighted by molar-refractivity contribution is -0.124. The number of aromatic nitrogens is 4. The number of hydrogen-bond acceptors (Lipinski definition) is 4. The highest BCUT2D eigenvalue weighted by atomic mass is 35.5. The highest BCUT2D eigenvalue weighted by Crippen LogP contribution is 2.10. The first-order chi connectivity index (χ1) is 9.16. The van der Waals surface area contributed by atoms with Crippen LogP contribution < -0.4 is 5.32 Å². The number of nitrogens with one attached hydrogen (secondary N) is 1. The molecule has 1 amide bonds. The fourth-order valence-corrected chi connectivity index (χ4v) is 1.71. The van der Waals surface area contributed by atoms with Crippen LogP contribution >= 0.6 is 11.6 Å². The number of halogens is 1. The van der Waals surface area contributed by atoms with Crippen molar-refractivity contribution in [2.24, 2.45) is 0 Å². The lowest BCUT2D eigenvalue weighted by Crippen LogP contribution is -2.32. The molecule has 0 fully saturated rings. The van der Waals surface area contributed by atoms with Crippen molar-refractivity contribution in [2.75, 3.05) is 6.54 Å². The van der Waals surface area contributed by atoms with E-state index < -0.39 is 6.04 Å². The minimum Gasteiger partial charge on any atom is -0.354 e. The summed E-state index contributed by atoms with van der Waals surface area (Å²) in [4.78, 5) is 20.0. The molecule has 1 atom stereocenters. The minimum atomic E-state index is -0.394. The first-order valence-corrected chi connectivity index (χ1v) is 6.27. The SMILES string of the molecule is C[C@H](C(=O)NCCc1cnccn1)n1cc(Cl)cn1. The Kier molecular flexibility index (Phi) is 4.46. The van der Waals surface area contributed by atoms with Crippen LogP contribution in [0, 0.1) is 0 Å². The quantitative estimate of drug-likeness (QED) is 0.894. The summed E-state index contributed by atoms with van der Waals surface area (Å²) >= 11 is 5.76.